The number of hydrogen-bond acceptors (Lipinski definition) is 2. The molecule has 3 nitrogen and oxygen atoms in total. The van der Waals surface area contributed by atoms with Gasteiger partial charge in [-0.15, -0.1) is 0 Å². The van der Waals surface area contributed by atoms with E-state index in [1.807, 2.05) is 53.4 Å². The highest BCUT2D eigenvalue weighted by molar-refractivity contribution is 5.84. The van der Waals surface area contributed by atoms with Crippen LogP contribution in [0.5, 0.6) is 0 Å². The minimum absolute atomic E-state index is 0.0212. The molecule has 98 valence electrons. The third kappa shape index (κ3) is 1.67. The van der Waals surface area contributed by atoms with E-state index in [9.17, 15) is 5.11 Å². The van der Waals surface area contributed by atoms with Crippen molar-refractivity contribution in [3.8, 4) is 0 Å². The highest BCUT2D eigenvalue weighted by Gasteiger charge is 2.45. The molecule has 0 aromatic heterocycles. The second kappa shape index (κ2) is 4.30. The Bertz CT molecular complexity index is 719. The molecule has 2 aromatic rings. The summed E-state index contributed by atoms with van der Waals surface area (Å²) in [6, 6.07) is 18.4. The second-order valence-electron chi connectivity index (χ2n) is 5.31. The van der Waals surface area contributed by atoms with Crippen molar-refractivity contribution in [3.05, 3.63) is 71.3 Å². The summed E-state index contributed by atoms with van der Waals surface area (Å²) in [7, 11) is 0. The first-order chi connectivity index (χ1) is 9.83. The van der Waals surface area contributed by atoms with E-state index < -0.39 is 0 Å². The summed E-state index contributed by atoms with van der Waals surface area (Å²) in [5, 5.41) is 16.4. The van der Waals surface area contributed by atoms with Gasteiger partial charge in [0.2, 0.25) is 6.21 Å². The number of rotatable bonds is 1. The van der Waals surface area contributed by atoms with Gasteiger partial charge in [-0.1, -0.05) is 47.1 Å². The van der Waals surface area contributed by atoms with E-state index in [1.165, 1.54) is 5.56 Å². The minimum atomic E-state index is -0.0915. The molecule has 0 fully saturated rings. The Morgan fingerprint density at radius 1 is 1.05 bits per heavy atom. The Morgan fingerprint density at radius 2 is 1.80 bits per heavy atom. The lowest BCUT2D eigenvalue weighted by Gasteiger charge is -2.10. The number of hydrogen-bond donors (Lipinski definition) is 0. The van der Waals surface area contributed by atoms with Crippen LogP contribution in [0.2, 0.25) is 0 Å². The summed E-state index contributed by atoms with van der Waals surface area (Å²) in [6.07, 6.45) is 2.86. The van der Waals surface area contributed by atoms with Crippen LogP contribution in [0.15, 0.2) is 59.7 Å². The summed E-state index contributed by atoms with van der Waals surface area (Å²) < 4.78 is 1.85. The Kier molecular flexibility index (Phi) is 2.46. The van der Waals surface area contributed by atoms with Crippen molar-refractivity contribution in [2.75, 3.05) is 0 Å². The molecule has 2 atom stereocenters. The highest BCUT2D eigenvalue weighted by Crippen LogP contribution is 2.38. The van der Waals surface area contributed by atoms with Crippen molar-refractivity contribution >= 4 is 12.1 Å². The van der Waals surface area contributed by atoms with Crippen LogP contribution in [0.4, 0.5) is 0 Å². The van der Waals surface area contributed by atoms with Gasteiger partial charge < -0.3 is 5.11 Å². The molecule has 20 heavy (non-hydrogen) atoms. The zero-order chi connectivity index (χ0) is 13.5. The molecule has 1 aliphatic carbocycles. The van der Waals surface area contributed by atoms with Gasteiger partial charge in [0.15, 0.2) is 6.04 Å². The molecular formula is C17H14N2O. The maximum atomic E-state index is 12.2. The highest BCUT2D eigenvalue weighted by atomic mass is 16.3. The Labute approximate surface area is 117 Å². The van der Waals surface area contributed by atoms with Gasteiger partial charge in [0.05, 0.1) is 5.92 Å². The molecule has 1 heterocycles. The molecule has 0 radical (unpaired) electrons. The lowest BCUT2D eigenvalue weighted by Crippen LogP contribution is -2.28. The average Bonchev–Trinajstić information content (AvgIpc) is 2.99. The van der Waals surface area contributed by atoms with Crippen LogP contribution in [-0.4, -0.2) is 22.8 Å². The summed E-state index contributed by atoms with van der Waals surface area (Å²) in [5.74, 6) is -0.113. The van der Waals surface area contributed by atoms with Gasteiger partial charge in [0.1, 0.15) is 0 Å². The molecular weight excluding hydrogens is 248 g/mol. The van der Waals surface area contributed by atoms with Crippen LogP contribution in [0.1, 0.15) is 22.6 Å². The molecule has 2 aromatic carbocycles. The fourth-order valence-corrected chi connectivity index (χ4v) is 3.18. The predicted molar refractivity (Wildman–Crippen MR) is 76.0 cm³/mol. The molecule has 0 N–H and O–H groups in total. The number of nitrogens with zero attached hydrogens (tertiary/aromatic N) is 2. The minimum Gasteiger partial charge on any atom is -0.857 e. The first kappa shape index (κ1) is 11.4. The molecule has 0 spiro atoms. The Balaban J connectivity index is 1.76. The fourth-order valence-electron chi connectivity index (χ4n) is 3.18. The first-order valence-corrected chi connectivity index (χ1v) is 6.84. The van der Waals surface area contributed by atoms with E-state index in [1.54, 1.807) is 0 Å². The molecule has 1 aliphatic heterocycles. The maximum Gasteiger partial charge on any atom is 0.203 e. The largest absolute Gasteiger partial charge is 0.857 e. The van der Waals surface area contributed by atoms with Crippen LogP contribution in [0.3, 0.4) is 0 Å². The van der Waals surface area contributed by atoms with Gasteiger partial charge in [0, 0.05) is 17.9 Å². The SMILES string of the molecule is [O-]C1=N/[N+](=C\c2ccccc2)C2Cc3ccccc3C12. The standard InChI is InChI=1S/C17H14N2O/c20-17-16-14-9-5-4-8-13(14)10-15(16)19(18-17)11-12-6-2-1-3-7-12/h1-9,11,15-16H,10H2/b19-11-. The lowest BCUT2D eigenvalue weighted by molar-refractivity contribution is -0.557. The molecule has 2 unspecified atom stereocenters. The van der Waals surface area contributed by atoms with Crippen LogP contribution < -0.4 is 5.11 Å². The van der Waals surface area contributed by atoms with Crippen LogP contribution in [0.25, 0.3) is 0 Å². The predicted octanol–water partition coefficient (Wildman–Crippen LogP) is 1.51. The molecule has 2 aliphatic rings. The molecule has 4 rings (SSSR count). The maximum absolute atomic E-state index is 12.2. The zero-order valence-corrected chi connectivity index (χ0v) is 10.9. The molecule has 0 saturated heterocycles. The van der Waals surface area contributed by atoms with Crippen molar-refractivity contribution < 1.29 is 9.79 Å². The molecule has 0 saturated carbocycles. The monoisotopic (exact) mass is 262 g/mol. The normalized spacial score (nSPS) is 25.4. The van der Waals surface area contributed by atoms with Crippen LogP contribution in [-0.2, 0) is 6.42 Å². The second-order valence-corrected chi connectivity index (χ2v) is 5.31. The van der Waals surface area contributed by atoms with E-state index in [-0.39, 0.29) is 17.9 Å². The number of fused-ring (bicyclic) bond motifs is 3. The van der Waals surface area contributed by atoms with Gasteiger partial charge in [-0.05, 0) is 28.4 Å². The number of hydrazone groups is 1. The van der Waals surface area contributed by atoms with E-state index in [0.29, 0.717) is 0 Å². The average molecular weight is 262 g/mol. The van der Waals surface area contributed by atoms with Crippen LogP contribution in [0, 0.1) is 0 Å². The fraction of sp³-hybridized carbons (Fsp3) is 0.176. The third-order valence-corrected chi connectivity index (χ3v) is 4.10. The van der Waals surface area contributed by atoms with Crippen molar-refractivity contribution in [1.29, 1.82) is 0 Å². The quantitative estimate of drug-likeness (QED) is 0.718. The summed E-state index contributed by atoms with van der Waals surface area (Å²) in [4.78, 5) is 0. The van der Waals surface area contributed by atoms with Gasteiger partial charge in [-0.3, -0.25) is 0 Å². The number of benzene rings is 2. The summed E-state index contributed by atoms with van der Waals surface area (Å²) in [5.41, 5.74) is 3.49. The van der Waals surface area contributed by atoms with Crippen molar-refractivity contribution in [2.24, 2.45) is 5.10 Å². The van der Waals surface area contributed by atoms with E-state index in [4.69, 9.17) is 0 Å². The lowest BCUT2D eigenvalue weighted by atomic mass is 9.99. The van der Waals surface area contributed by atoms with Crippen molar-refractivity contribution in [2.45, 2.75) is 18.4 Å². The van der Waals surface area contributed by atoms with Crippen molar-refractivity contribution in [3.63, 3.8) is 0 Å². The van der Waals surface area contributed by atoms with Gasteiger partial charge in [-0.2, -0.15) is 0 Å². The Hall–Kier alpha value is -2.42. The van der Waals surface area contributed by atoms with Gasteiger partial charge in [-0.25, -0.2) is 0 Å². The third-order valence-electron chi connectivity index (χ3n) is 4.10. The van der Waals surface area contributed by atoms with Gasteiger partial charge >= 0.3 is 0 Å². The van der Waals surface area contributed by atoms with E-state index >= 15 is 0 Å². The smallest absolute Gasteiger partial charge is 0.203 e. The van der Waals surface area contributed by atoms with Crippen molar-refractivity contribution in [1.82, 2.24) is 0 Å². The first-order valence-electron chi connectivity index (χ1n) is 6.84. The summed E-state index contributed by atoms with van der Waals surface area (Å²) >= 11 is 0. The zero-order valence-electron chi connectivity index (χ0n) is 10.9. The summed E-state index contributed by atoms with van der Waals surface area (Å²) in [6.45, 7) is 0. The Morgan fingerprint density at radius 3 is 2.65 bits per heavy atom. The molecule has 0 bridgehead atoms. The van der Waals surface area contributed by atoms with E-state index in [2.05, 4.69) is 17.2 Å². The topological polar surface area (TPSA) is 38.4 Å². The molecule has 3 heteroatoms. The van der Waals surface area contributed by atoms with Crippen LogP contribution >= 0.6 is 0 Å². The van der Waals surface area contributed by atoms with Gasteiger partial charge in [0.25, 0.3) is 0 Å². The molecule has 0 amide bonds. The van der Waals surface area contributed by atoms with E-state index in [0.717, 1.165) is 17.5 Å².